The number of nitrogens with two attached hydrogens (primary N) is 2. The van der Waals surface area contributed by atoms with Crippen molar-refractivity contribution >= 4 is 34.6 Å². The fourth-order valence-electron chi connectivity index (χ4n) is 1.81. The number of amides is 1. The fraction of sp³-hybridized carbons (Fsp3) is 0.167. The van der Waals surface area contributed by atoms with E-state index in [9.17, 15) is 4.79 Å². The van der Waals surface area contributed by atoms with Crippen molar-refractivity contribution < 1.29 is 4.79 Å². The molecule has 0 unspecified atom stereocenters. The van der Waals surface area contributed by atoms with Crippen LogP contribution in [-0.2, 0) is 7.05 Å². The van der Waals surface area contributed by atoms with Gasteiger partial charge in [0.25, 0.3) is 5.91 Å². The molecule has 1 aromatic carbocycles. The lowest BCUT2D eigenvalue weighted by Crippen LogP contribution is -2.14. The third-order valence-corrected chi connectivity index (χ3v) is 2.95. The highest BCUT2D eigenvalue weighted by atomic mass is 35.5. The zero-order chi connectivity index (χ0) is 14.2. The predicted molar refractivity (Wildman–Crippen MR) is 75.6 cm³/mol. The summed E-state index contributed by atoms with van der Waals surface area (Å²) in [5.74, 6) is -0.599. The van der Waals surface area contributed by atoms with Crippen LogP contribution < -0.4 is 16.8 Å². The average molecular weight is 280 g/mol. The Morgan fingerprint density at radius 2 is 2.16 bits per heavy atom. The molecule has 0 atom stereocenters. The Bertz CT molecular complexity index is 650. The van der Waals surface area contributed by atoms with Gasteiger partial charge in [-0.25, -0.2) is 0 Å². The van der Waals surface area contributed by atoms with E-state index in [2.05, 4.69) is 10.4 Å². The van der Waals surface area contributed by atoms with Crippen LogP contribution in [0, 0.1) is 6.92 Å². The molecule has 0 bridgehead atoms. The van der Waals surface area contributed by atoms with Gasteiger partial charge in [-0.05, 0) is 19.1 Å². The molecular weight excluding hydrogens is 266 g/mol. The van der Waals surface area contributed by atoms with Crippen molar-refractivity contribution in [3.63, 3.8) is 0 Å². The van der Waals surface area contributed by atoms with Crippen LogP contribution in [-0.4, -0.2) is 15.7 Å². The normalized spacial score (nSPS) is 10.5. The maximum atomic E-state index is 11.5. The van der Waals surface area contributed by atoms with E-state index in [0.717, 1.165) is 11.4 Å². The van der Waals surface area contributed by atoms with E-state index >= 15 is 0 Å². The number of primary amides is 1. The Morgan fingerprint density at radius 1 is 1.47 bits per heavy atom. The summed E-state index contributed by atoms with van der Waals surface area (Å²) in [5, 5.41) is 7.60. The van der Waals surface area contributed by atoms with E-state index in [-0.39, 0.29) is 5.56 Å². The molecule has 7 heteroatoms. The minimum Gasteiger partial charge on any atom is -0.399 e. The Labute approximate surface area is 115 Å². The minimum absolute atomic E-state index is 0.244. The Hall–Kier alpha value is -2.21. The molecule has 0 fully saturated rings. The number of rotatable bonds is 3. The van der Waals surface area contributed by atoms with Crippen LogP contribution in [0.15, 0.2) is 18.3 Å². The van der Waals surface area contributed by atoms with Gasteiger partial charge in [-0.1, -0.05) is 11.6 Å². The summed E-state index contributed by atoms with van der Waals surface area (Å²) in [6.45, 7) is 1.84. The van der Waals surface area contributed by atoms with E-state index < -0.39 is 5.91 Å². The van der Waals surface area contributed by atoms with E-state index in [1.54, 1.807) is 24.0 Å². The third-order valence-electron chi connectivity index (χ3n) is 2.65. The number of nitrogen functional groups attached to an aromatic ring is 1. The van der Waals surface area contributed by atoms with E-state index in [1.165, 1.54) is 6.07 Å². The van der Waals surface area contributed by atoms with Crippen LogP contribution in [0.1, 0.15) is 16.1 Å². The van der Waals surface area contributed by atoms with E-state index in [4.69, 9.17) is 23.1 Å². The molecule has 0 saturated carbocycles. The van der Waals surface area contributed by atoms with Crippen molar-refractivity contribution in [2.24, 2.45) is 12.8 Å². The molecule has 0 spiro atoms. The van der Waals surface area contributed by atoms with Crippen LogP contribution in [0.2, 0.25) is 5.02 Å². The van der Waals surface area contributed by atoms with Gasteiger partial charge < -0.3 is 16.8 Å². The molecule has 2 aromatic rings. The average Bonchev–Trinajstić information content (AvgIpc) is 2.60. The van der Waals surface area contributed by atoms with Crippen molar-refractivity contribution in [3.8, 4) is 0 Å². The predicted octanol–water partition coefficient (Wildman–Crippen LogP) is 1.81. The van der Waals surface area contributed by atoms with Gasteiger partial charge in [0.1, 0.15) is 0 Å². The summed E-state index contributed by atoms with van der Waals surface area (Å²) in [4.78, 5) is 11.5. The van der Waals surface area contributed by atoms with Gasteiger partial charge in [-0.2, -0.15) is 5.10 Å². The van der Waals surface area contributed by atoms with Crippen molar-refractivity contribution in [2.75, 3.05) is 11.1 Å². The number of carbonyl (C=O) groups is 1. The second kappa shape index (κ2) is 4.81. The molecule has 2 rings (SSSR count). The van der Waals surface area contributed by atoms with E-state index in [1.807, 2.05) is 6.92 Å². The molecule has 1 aromatic heterocycles. The molecule has 6 nitrogen and oxygen atoms in total. The first kappa shape index (κ1) is 13.2. The number of aryl methyl sites for hydroxylation is 2. The van der Waals surface area contributed by atoms with Crippen LogP contribution in [0.25, 0.3) is 0 Å². The molecule has 0 aliphatic carbocycles. The lowest BCUT2D eigenvalue weighted by Gasteiger charge is -2.12. The summed E-state index contributed by atoms with van der Waals surface area (Å²) in [5.41, 5.74) is 13.6. The highest BCUT2D eigenvalue weighted by Crippen LogP contribution is 2.32. The van der Waals surface area contributed by atoms with Crippen LogP contribution in [0.3, 0.4) is 0 Å². The van der Waals surface area contributed by atoms with Gasteiger partial charge >= 0.3 is 0 Å². The Kier molecular flexibility index (Phi) is 3.35. The molecule has 1 heterocycles. The maximum Gasteiger partial charge on any atom is 0.250 e. The molecule has 0 saturated heterocycles. The molecule has 1 amide bonds. The quantitative estimate of drug-likeness (QED) is 0.746. The van der Waals surface area contributed by atoms with Crippen molar-refractivity contribution in [2.45, 2.75) is 6.92 Å². The van der Waals surface area contributed by atoms with Gasteiger partial charge in [0.15, 0.2) is 0 Å². The smallest absolute Gasteiger partial charge is 0.250 e. The monoisotopic (exact) mass is 279 g/mol. The highest BCUT2D eigenvalue weighted by Gasteiger charge is 2.15. The van der Waals surface area contributed by atoms with Crippen LogP contribution in [0.5, 0.6) is 0 Å². The molecule has 0 aliphatic rings. The second-order valence-corrected chi connectivity index (χ2v) is 4.62. The molecule has 0 aliphatic heterocycles. The minimum atomic E-state index is -0.599. The zero-order valence-electron chi connectivity index (χ0n) is 10.6. The summed E-state index contributed by atoms with van der Waals surface area (Å²) in [6.07, 6.45) is 1.78. The standard InChI is InChI=1S/C12H14ClN5O/c1-6-10(5-18(2)17-6)16-11-8(12(15)19)3-7(14)4-9(11)13/h3-5,16H,14H2,1-2H3,(H2,15,19). The molecule has 0 radical (unpaired) electrons. The fourth-order valence-corrected chi connectivity index (χ4v) is 2.08. The number of carbonyl (C=O) groups excluding carboxylic acids is 1. The third kappa shape index (κ3) is 2.63. The second-order valence-electron chi connectivity index (χ2n) is 4.22. The number of hydrogen-bond donors (Lipinski definition) is 3. The van der Waals surface area contributed by atoms with Crippen LogP contribution >= 0.6 is 11.6 Å². The van der Waals surface area contributed by atoms with Crippen molar-refractivity contribution in [1.29, 1.82) is 0 Å². The molecule has 5 N–H and O–H groups in total. The van der Waals surface area contributed by atoms with Crippen molar-refractivity contribution in [3.05, 3.63) is 34.6 Å². The van der Waals surface area contributed by atoms with Gasteiger partial charge in [0.2, 0.25) is 0 Å². The summed E-state index contributed by atoms with van der Waals surface area (Å²) in [6, 6.07) is 3.05. The number of anilines is 3. The molecule has 19 heavy (non-hydrogen) atoms. The summed E-state index contributed by atoms with van der Waals surface area (Å²) < 4.78 is 1.66. The lowest BCUT2D eigenvalue weighted by atomic mass is 10.1. The van der Waals surface area contributed by atoms with Crippen LogP contribution in [0.4, 0.5) is 17.1 Å². The summed E-state index contributed by atoms with van der Waals surface area (Å²) >= 11 is 6.11. The number of halogens is 1. The lowest BCUT2D eigenvalue weighted by molar-refractivity contribution is 0.100. The zero-order valence-corrected chi connectivity index (χ0v) is 11.3. The number of benzene rings is 1. The number of aromatic nitrogens is 2. The van der Waals surface area contributed by atoms with Crippen molar-refractivity contribution in [1.82, 2.24) is 9.78 Å². The molecule has 100 valence electrons. The topological polar surface area (TPSA) is 99.0 Å². The SMILES string of the molecule is Cc1nn(C)cc1Nc1c(Cl)cc(N)cc1C(N)=O. The van der Waals surface area contributed by atoms with E-state index in [0.29, 0.717) is 16.4 Å². The maximum absolute atomic E-state index is 11.5. The van der Waals surface area contributed by atoms with Gasteiger partial charge in [-0.3, -0.25) is 9.48 Å². The van der Waals surface area contributed by atoms with Gasteiger partial charge in [0.05, 0.1) is 27.7 Å². The number of hydrogen-bond acceptors (Lipinski definition) is 4. The highest BCUT2D eigenvalue weighted by molar-refractivity contribution is 6.34. The first-order chi connectivity index (χ1) is 8.88. The molecular formula is C12H14ClN5O. The number of nitrogens with one attached hydrogen (secondary N) is 1. The first-order valence-electron chi connectivity index (χ1n) is 5.54. The summed E-state index contributed by atoms with van der Waals surface area (Å²) in [7, 11) is 1.80. The largest absolute Gasteiger partial charge is 0.399 e. The number of nitrogens with zero attached hydrogens (tertiary/aromatic N) is 2. The van der Waals surface area contributed by atoms with Gasteiger partial charge in [0, 0.05) is 18.9 Å². The van der Waals surface area contributed by atoms with Gasteiger partial charge in [-0.15, -0.1) is 0 Å². The Morgan fingerprint density at radius 3 is 2.68 bits per heavy atom. The first-order valence-corrected chi connectivity index (χ1v) is 5.92. The Balaban J connectivity index is 2.50.